The molecule has 0 aromatic carbocycles. The SMILES string of the molecule is CCC[C@@]1(C)NC(=O)N(CC)C1=O. The second kappa shape index (κ2) is 3.36. The number of carbonyl (C=O) groups excluding carboxylic acids is 2. The third kappa shape index (κ3) is 1.53. The number of imide groups is 1. The van der Waals surface area contributed by atoms with Crippen LogP contribution in [0.25, 0.3) is 0 Å². The van der Waals surface area contributed by atoms with Gasteiger partial charge in [0, 0.05) is 6.54 Å². The number of hydrogen-bond donors (Lipinski definition) is 1. The van der Waals surface area contributed by atoms with Gasteiger partial charge < -0.3 is 5.32 Å². The molecule has 0 aromatic heterocycles. The maximum absolute atomic E-state index is 11.7. The number of nitrogens with zero attached hydrogens (tertiary/aromatic N) is 1. The highest BCUT2D eigenvalue weighted by molar-refractivity contribution is 6.06. The summed E-state index contributed by atoms with van der Waals surface area (Å²) in [7, 11) is 0. The van der Waals surface area contributed by atoms with E-state index < -0.39 is 5.54 Å². The van der Waals surface area contributed by atoms with Crippen molar-refractivity contribution in [1.82, 2.24) is 10.2 Å². The smallest absolute Gasteiger partial charge is 0.323 e. The number of likely N-dealkylation sites (N-methyl/N-ethyl adjacent to an activating group) is 1. The summed E-state index contributed by atoms with van der Waals surface area (Å²) in [5.74, 6) is -0.0955. The number of nitrogens with one attached hydrogen (secondary N) is 1. The summed E-state index contributed by atoms with van der Waals surface area (Å²) in [6, 6.07) is -0.261. The van der Waals surface area contributed by atoms with Crippen LogP contribution in [0.1, 0.15) is 33.6 Å². The summed E-state index contributed by atoms with van der Waals surface area (Å²) in [6.07, 6.45) is 1.59. The summed E-state index contributed by atoms with van der Waals surface area (Å²) in [4.78, 5) is 24.3. The lowest BCUT2D eigenvalue weighted by Crippen LogP contribution is -2.43. The monoisotopic (exact) mass is 184 g/mol. The van der Waals surface area contributed by atoms with Crippen LogP contribution in [0.4, 0.5) is 4.79 Å². The zero-order valence-electron chi connectivity index (χ0n) is 8.39. The maximum atomic E-state index is 11.7. The van der Waals surface area contributed by atoms with Gasteiger partial charge in [0.2, 0.25) is 0 Å². The lowest BCUT2D eigenvalue weighted by atomic mass is 9.96. The molecule has 1 rings (SSSR count). The van der Waals surface area contributed by atoms with Crippen molar-refractivity contribution in [2.75, 3.05) is 6.54 Å². The van der Waals surface area contributed by atoms with Crippen LogP contribution in [0.15, 0.2) is 0 Å². The summed E-state index contributed by atoms with van der Waals surface area (Å²) < 4.78 is 0. The first-order chi connectivity index (χ1) is 6.05. The zero-order chi connectivity index (χ0) is 10.1. The quantitative estimate of drug-likeness (QED) is 0.668. The Labute approximate surface area is 78.3 Å². The minimum atomic E-state index is -0.665. The molecule has 1 aliphatic rings. The van der Waals surface area contributed by atoms with Gasteiger partial charge in [-0.05, 0) is 20.3 Å². The Morgan fingerprint density at radius 3 is 2.38 bits per heavy atom. The minimum absolute atomic E-state index is 0.0955. The molecule has 1 fully saturated rings. The molecule has 0 aliphatic carbocycles. The Hall–Kier alpha value is -1.06. The molecule has 13 heavy (non-hydrogen) atoms. The fraction of sp³-hybridized carbons (Fsp3) is 0.778. The first-order valence-electron chi connectivity index (χ1n) is 4.69. The topological polar surface area (TPSA) is 49.4 Å². The summed E-state index contributed by atoms with van der Waals surface area (Å²) in [5.41, 5.74) is -0.665. The molecule has 0 spiro atoms. The van der Waals surface area contributed by atoms with E-state index in [9.17, 15) is 9.59 Å². The van der Waals surface area contributed by atoms with E-state index in [2.05, 4.69) is 5.32 Å². The number of urea groups is 1. The van der Waals surface area contributed by atoms with Crippen molar-refractivity contribution >= 4 is 11.9 Å². The van der Waals surface area contributed by atoms with Gasteiger partial charge in [0.25, 0.3) is 5.91 Å². The lowest BCUT2D eigenvalue weighted by Gasteiger charge is -2.20. The number of hydrogen-bond acceptors (Lipinski definition) is 2. The Kier molecular flexibility index (Phi) is 2.59. The van der Waals surface area contributed by atoms with E-state index in [0.717, 1.165) is 6.42 Å². The molecule has 1 aliphatic heterocycles. The molecule has 1 N–H and O–H groups in total. The van der Waals surface area contributed by atoms with E-state index in [0.29, 0.717) is 13.0 Å². The van der Waals surface area contributed by atoms with E-state index >= 15 is 0 Å². The van der Waals surface area contributed by atoms with Crippen molar-refractivity contribution in [1.29, 1.82) is 0 Å². The third-order valence-electron chi connectivity index (χ3n) is 2.41. The number of carbonyl (C=O) groups is 2. The average molecular weight is 184 g/mol. The molecular weight excluding hydrogens is 168 g/mol. The van der Waals surface area contributed by atoms with Gasteiger partial charge >= 0.3 is 6.03 Å². The molecule has 4 heteroatoms. The predicted octanol–water partition coefficient (Wildman–Crippen LogP) is 1.12. The fourth-order valence-electron chi connectivity index (χ4n) is 1.70. The molecular formula is C9H16N2O2. The number of amides is 3. The maximum Gasteiger partial charge on any atom is 0.325 e. The van der Waals surface area contributed by atoms with E-state index in [1.807, 2.05) is 6.92 Å². The third-order valence-corrected chi connectivity index (χ3v) is 2.41. The zero-order valence-corrected chi connectivity index (χ0v) is 8.39. The highest BCUT2D eigenvalue weighted by Crippen LogP contribution is 2.21. The van der Waals surface area contributed by atoms with Gasteiger partial charge in [-0.1, -0.05) is 13.3 Å². The molecule has 4 nitrogen and oxygen atoms in total. The van der Waals surface area contributed by atoms with Gasteiger partial charge in [0.05, 0.1) is 0 Å². The van der Waals surface area contributed by atoms with Gasteiger partial charge in [-0.2, -0.15) is 0 Å². The van der Waals surface area contributed by atoms with Crippen molar-refractivity contribution in [3.05, 3.63) is 0 Å². The van der Waals surface area contributed by atoms with E-state index in [1.165, 1.54) is 4.90 Å². The molecule has 0 saturated carbocycles. The fourth-order valence-corrected chi connectivity index (χ4v) is 1.70. The van der Waals surface area contributed by atoms with Crippen molar-refractivity contribution in [3.8, 4) is 0 Å². The standard InChI is InChI=1S/C9H16N2O2/c1-4-6-9(3)7(12)11(5-2)8(13)10-9/h4-6H2,1-3H3,(H,10,13)/t9-/m1/s1. The van der Waals surface area contributed by atoms with Gasteiger partial charge in [-0.3, -0.25) is 9.69 Å². The highest BCUT2D eigenvalue weighted by atomic mass is 16.2. The van der Waals surface area contributed by atoms with Crippen LogP contribution in [-0.2, 0) is 4.79 Å². The van der Waals surface area contributed by atoms with Crippen molar-refractivity contribution in [2.24, 2.45) is 0 Å². The van der Waals surface area contributed by atoms with Crippen LogP contribution in [0.3, 0.4) is 0 Å². The molecule has 0 radical (unpaired) electrons. The number of rotatable bonds is 3. The van der Waals surface area contributed by atoms with Crippen molar-refractivity contribution in [3.63, 3.8) is 0 Å². The Balaban J connectivity index is 2.83. The summed E-state index contributed by atoms with van der Waals surface area (Å²) in [6.45, 7) is 6.03. The Morgan fingerprint density at radius 1 is 1.38 bits per heavy atom. The van der Waals surface area contributed by atoms with E-state index in [-0.39, 0.29) is 11.9 Å². The molecule has 74 valence electrons. The van der Waals surface area contributed by atoms with Gasteiger partial charge in [0.1, 0.15) is 5.54 Å². The molecule has 1 atom stereocenters. The van der Waals surface area contributed by atoms with E-state index in [4.69, 9.17) is 0 Å². The van der Waals surface area contributed by atoms with Crippen LogP contribution in [-0.4, -0.2) is 28.9 Å². The second-order valence-electron chi connectivity index (χ2n) is 3.56. The second-order valence-corrected chi connectivity index (χ2v) is 3.56. The Bertz CT molecular complexity index is 240. The van der Waals surface area contributed by atoms with E-state index in [1.54, 1.807) is 13.8 Å². The first kappa shape index (κ1) is 10.0. The van der Waals surface area contributed by atoms with Gasteiger partial charge in [0.15, 0.2) is 0 Å². The van der Waals surface area contributed by atoms with Gasteiger partial charge in [-0.15, -0.1) is 0 Å². The van der Waals surface area contributed by atoms with Crippen LogP contribution in [0.5, 0.6) is 0 Å². The summed E-state index contributed by atoms with van der Waals surface area (Å²) in [5, 5.41) is 2.72. The van der Waals surface area contributed by atoms with Crippen LogP contribution < -0.4 is 5.32 Å². The average Bonchev–Trinajstić information content (AvgIpc) is 2.24. The molecule has 0 bridgehead atoms. The normalized spacial score (nSPS) is 28.1. The van der Waals surface area contributed by atoms with Crippen LogP contribution >= 0.6 is 0 Å². The van der Waals surface area contributed by atoms with Crippen LogP contribution in [0.2, 0.25) is 0 Å². The molecule has 0 unspecified atom stereocenters. The molecule has 3 amide bonds. The minimum Gasteiger partial charge on any atom is -0.323 e. The molecule has 1 heterocycles. The largest absolute Gasteiger partial charge is 0.325 e. The lowest BCUT2D eigenvalue weighted by molar-refractivity contribution is -0.130. The highest BCUT2D eigenvalue weighted by Gasteiger charge is 2.45. The molecule has 0 aromatic rings. The predicted molar refractivity (Wildman–Crippen MR) is 49.2 cm³/mol. The van der Waals surface area contributed by atoms with Crippen molar-refractivity contribution in [2.45, 2.75) is 39.2 Å². The molecule has 1 saturated heterocycles. The van der Waals surface area contributed by atoms with Gasteiger partial charge in [-0.25, -0.2) is 4.79 Å². The first-order valence-corrected chi connectivity index (χ1v) is 4.69. The van der Waals surface area contributed by atoms with Crippen molar-refractivity contribution < 1.29 is 9.59 Å². The van der Waals surface area contributed by atoms with Crippen LogP contribution in [0, 0.1) is 0 Å². The Morgan fingerprint density at radius 2 is 2.00 bits per heavy atom. The summed E-state index contributed by atoms with van der Waals surface area (Å²) >= 11 is 0.